The summed E-state index contributed by atoms with van der Waals surface area (Å²) >= 11 is 0. The van der Waals surface area contributed by atoms with E-state index in [0.717, 1.165) is 30.2 Å². The molecular formula is C15H22N2O2. The van der Waals surface area contributed by atoms with Gasteiger partial charge < -0.3 is 14.8 Å². The molecule has 1 rings (SSSR count). The van der Waals surface area contributed by atoms with Crippen molar-refractivity contribution in [2.45, 2.75) is 26.7 Å². The van der Waals surface area contributed by atoms with Crippen LogP contribution in [-0.2, 0) is 0 Å². The molecule has 4 heteroatoms. The summed E-state index contributed by atoms with van der Waals surface area (Å²) in [5.74, 6) is 1.58. The number of methoxy groups -OCH3 is 2. The average molecular weight is 262 g/mol. The number of anilines is 1. The molecule has 0 aromatic heterocycles. The van der Waals surface area contributed by atoms with Crippen molar-refractivity contribution in [2.75, 3.05) is 26.1 Å². The van der Waals surface area contributed by atoms with Gasteiger partial charge in [0.1, 0.15) is 11.5 Å². The highest BCUT2D eigenvalue weighted by molar-refractivity contribution is 5.59. The van der Waals surface area contributed by atoms with Crippen molar-refractivity contribution in [3.8, 4) is 17.6 Å². The molecule has 0 aliphatic carbocycles. The zero-order valence-electron chi connectivity index (χ0n) is 12.1. The van der Waals surface area contributed by atoms with Crippen LogP contribution in [0.25, 0.3) is 0 Å². The minimum absolute atomic E-state index is 0.0593. The molecular weight excluding hydrogens is 240 g/mol. The van der Waals surface area contributed by atoms with Crippen LogP contribution in [0.5, 0.6) is 11.5 Å². The highest BCUT2D eigenvalue weighted by atomic mass is 16.5. The number of hydrogen-bond acceptors (Lipinski definition) is 4. The largest absolute Gasteiger partial charge is 0.497 e. The van der Waals surface area contributed by atoms with Crippen LogP contribution in [0.3, 0.4) is 0 Å². The fraction of sp³-hybridized carbons (Fsp3) is 0.533. The molecule has 19 heavy (non-hydrogen) atoms. The molecule has 1 N–H and O–H groups in total. The maximum absolute atomic E-state index is 8.66. The standard InChI is InChI=1S/C15H22N2O2/c1-15(2,8-5-9-16)11-17-13-10-12(18-3)6-7-14(13)19-4/h6-7,10,17H,5,8,11H2,1-4H3. The molecule has 104 valence electrons. The maximum Gasteiger partial charge on any atom is 0.142 e. The van der Waals surface area contributed by atoms with E-state index < -0.39 is 0 Å². The van der Waals surface area contributed by atoms with E-state index >= 15 is 0 Å². The van der Waals surface area contributed by atoms with Gasteiger partial charge in [0.25, 0.3) is 0 Å². The third kappa shape index (κ3) is 4.70. The second-order valence-corrected chi connectivity index (χ2v) is 5.24. The SMILES string of the molecule is COc1ccc(OC)c(NCC(C)(C)CCC#N)c1. The van der Waals surface area contributed by atoms with Crippen LogP contribution in [0, 0.1) is 16.7 Å². The van der Waals surface area contributed by atoms with E-state index in [9.17, 15) is 0 Å². The predicted octanol–water partition coefficient (Wildman–Crippen LogP) is 3.45. The van der Waals surface area contributed by atoms with Gasteiger partial charge in [-0.3, -0.25) is 0 Å². The maximum atomic E-state index is 8.66. The quantitative estimate of drug-likeness (QED) is 0.817. The van der Waals surface area contributed by atoms with Crippen LogP contribution < -0.4 is 14.8 Å². The Balaban J connectivity index is 2.73. The highest BCUT2D eigenvalue weighted by Gasteiger charge is 2.18. The Hall–Kier alpha value is -1.89. The Morgan fingerprint density at radius 1 is 1.26 bits per heavy atom. The molecule has 4 nitrogen and oxygen atoms in total. The Morgan fingerprint density at radius 2 is 2.00 bits per heavy atom. The highest BCUT2D eigenvalue weighted by Crippen LogP contribution is 2.31. The zero-order chi connectivity index (χ0) is 14.3. The molecule has 0 radical (unpaired) electrons. The van der Waals surface area contributed by atoms with Gasteiger partial charge in [-0.1, -0.05) is 13.8 Å². The first-order valence-corrected chi connectivity index (χ1v) is 6.35. The van der Waals surface area contributed by atoms with Crippen LogP contribution in [0.1, 0.15) is 26.7 Å². The van der Waals surface area contributed by atoms with Crippen molar-refractivity contribution in [1.82, 2.24) is 0 Å². The minimum Gasteiger partial charge on any atom is -0.497 e. The fourth-order valence-corrected chi connectivity index (χ4v) is 1.77. The third-order valence-corrected chi connectivity index (χ3v) is 3.08. The van der Waals surface area contributed by atoms with Crippen molar-refractivity contribution < 1.29 is 9.47 Å². The summed E-state index contributed by atoms with van der Waals surface area (Å²) in [6.45, 7) is 5.06. The van der Waals surface area contributed by atoms with Crippen LogP contribution >= 0.6 is 0 Å². The third-order valence-electron chi connectivity index (χ3n) is 3.08. The summed E-state index contributed by atoms with van der Waals surface area (Å²) in [4.78, 5) is 0. The van der Waals surface area contributed by atoms with Gasteiger partial charge in [-0.15, -0.1) is 0 Å². The number of benzene rings is 1. The van der Waals surface area contributed by atoms with Gasteiger partial charge in [0.2, 0.25) is 0 Å². The zero-order valence-corrected chi connectivity index (χ0v) is 12.1. The molecule has 1 aromatic rings. The lowest BCUT2D eigenvalue weighted by Crippen LogP contribution is -2.23. The molecule has 1 aromatic carbocycles. The van der Waals surface area contributed by atoms with Crippen molar-refractivity contribution in [2.24, 2.45) is 5.41 Å². The molecule has 0 saturated carbocycles. The summed E-state index contributed by atoms with van der Waals surface area (Å²) in [6, 6.07) is 7.85. The van der Waals surface area contributed by atoms with Gasteiger partial charge in [-0.05, 0) is 24.0 Å². The Labute approximate surface area is 115 Å². The molecule has 0 saturated heterocycles. The Bertz CT molecular complexity index is 450. The summed E-state index contributed by atoms with van der Waals surface area (Å²) in [7, 11) is 3.29. The van der Waals surface area contributed by atoms with Gasteiger partial charge >= 0.3 is 0 Å². The van der Waals surface area contributed by atoms with E-state index in [0.29, 0.717) is 6.42 Å². The molecule has 0 aliphatic rings. The van der Waals surface area contributed by atoms with E-state index in [-0.39, 0.29) is 5.41 Å². The molecule has 0 bridgehead atoms. The second kappa shape index (κ2) is 6.89. The summed E-state index contributed by atoms with van der Waals surface area (Å²) in [6.07, 6.45) is 1.44. The predicted molar refractivity (Wildman–Crippen MR) is 76.7 cm³/mol. The van der Waals surface area contributed by atoms with Gasteiger partial charge in [0.05, 0.1) is 26.0 Å². The topological polar surface area (TPSA) is 54.3 Å². The lowest BCUT2D eigenvalue weighted by molar-refractivity contribution is 0.361. The van der Waals surface area contributed by atoms with E-state index in [1.54, 1.807) is 14.2 Å². The molecule has 0 unspecified atom stereocenters. The minimum atomic E-state index is 0.0593. The van der Waals surface area contributed by atoms with E-state index in [2.05, 4.69) is 25.2 Å². The molecule has 0 aliphatic heterocycles. The van der Waals surface area contributed by atoms with Crippen molar-refractivity contribution in [3.63, 3.8) is 0 Å². The van der Waals surface area contributed by atoms with Gasteiger partial charge in [-0.25, -0.2) is 0 Å². The average Bonchev–Trinajstić information content (AvgIpc) is 2.42. The lowest BCUT2D eigenvalue weighted by Gasteiger charge is -2.25. The van der Waals surface area contributed by atoms with E-state index in [1.165, 1.54) is 0 Å². The smallest absolute Gasteiger partial charge is 0.142 e. The Kier molecular flexibility index (Phi) is 5.50. The normalized spacial score (nSPS) is 10.7. The van der Waals surface area contributed by atoms with E-state index in [4.69, 9.17) is 14.7 Å². The van der Waals surface area contributed by atoms with Crippen molar-refractivity contribution in [1.29, 1.82) is 5.26 Å². The second-order valence-electron chi connectivity index (χ2n) is 5.24. The van der Waals surface area contributed by atoms with Crippen LogP contribution in [0.4, 0.5) is 5.69 Å². The first-order chi connectivity index (χ1) is 9.02. The van der Waals surface area contributed by atoms with Gasteiger partial charge in [-0.2, -0.15) is 5.26 Å². The van der Waals surface area contributed by atoms with Crippen molar-refractivity contribution >= 4 is 5.69 Å². The van der Waals surface area contributed by atoms with Gasteiger partial charge in [0, 0.05) is 19.0 Å². The van der Waals surface area contributed by atoms with Crippen LogP contribution in [-0.4, -0.2) is 20.8 Å². The summed E-state index contributed by atoms with van der Waals surface area (Å²) in [5, 5.41) is 12.0. The van der Waals surface area contributed by atoms with E-state index in [1.807, 2.05) is 18.2 Å². The van der Waals surface area contributed by atoms with Crippen molar-refractivity contribution in [3.05, 3.63) is 18.2 Å². The number of ether oxygens (including phenoxy) is 2. The first kappa shape index (κ1) is 15.2. The number of hydrogen-bond donors (Lipinski definition) is 1. The molecule has 0 spiro atoms. The van der Waals surface area contributed by atoms with Gasteiger partial charge in [0.15, 0.2) is 0 Å². The summed E-state index contributed by atoms with van der Waals surface area (Å²) < 4.78 is 10.5. The molecule has 0 fully saturated rings. The molecule has 0 heterocycles. The number of nitrogens with one attached hydrogen (secondary N) is 1. The lowest BCUT2D eigenvalue weighted by atomic mass is 9.88. The monoisotopic (exact) mass is 262 g/mol. The first-order valence-electron chi connectivity index (χ1n) is 6.35. The number of nitrogens with zero attached hydrogens (tertiary/aromatic N) is 1. The van der Waals surface area contributed by atoms with Crippen LogP contribution in [0.15, 0.2) is 18.2 Å². The number of rotatable bonds is 7. The number of nitriles is 1. The fourth-order valence-electron chi connectivity index (χ4n) is 1.77. The Morgan fingerprint density at radius 3 is 2.58 bits per heavy atom. The molecule has 0 atom stereocenters. The molecule has 0 amide bonds. The van der Waals surface area contributed by atoms with Crippen LogP contribution in [0.2, 0.25) is 0 Å². The summed E-state index contributed by atoms with van der Waals surface area (Å²) in [5.41, 5.74) is 0.968.